The maximum atomic E-state index is 12.6. The molecule has 1 N–H and O–H groups in total. The number of hydrogen-bond acceptors (Lipinski definition) is 3. The van der Waals surface area contributed by atoms with Crippen molar-refractivity contribution in [1.82, 2.24) is 4.57 Å². The van der Waals surface area contributed by atoms with Crippen LogP contribution in [0.1, 0.15) is 66.2 Å². The molecule has 4 rings (SSSR count). The van der Waals surface area contributed by atoms with E-state index in [1.54, 1.807) is 0 Å². The van der Waals surface area contributed by atoms with Crippen LogP contribution in [0.4, 0.5) is 0 Å². The zero-order chi connectivity index (χ0) is 23.2. The first-order valence-electron chi connectivity index (χ1n) is 11.6. The first-order chi connectivity index (χ1) is 16.1. The minimum Gasteiger partial charge on any atom is -0.478 e. The quantitative estimate of drug-likeness (QED) is 0.162. The van der Waals surface area contributed by atoms with Crippen LogP contribution in [0.5, 0.6) is 5.75 Å². The fraction of sp³-hybridized carbons (Fsp3) is 0.286. The van der Waals surface area contributed by atoms with Crippen LogP contribution >= 0.6 is 0 Å². The third-order valence-electron chi connectivity index (χ3n) is 6.06. The van der Waals surface area contributed by atoms with Crippen LogP contribution in [-0.4, -0.2) is 21.6 Å². The van der Waals surface area contributed by atoms with Gasteiger partial charge in [-0.2, -0.15) is 0 Å². The molecule has 0 aliphatic heterocycles. The van der Waals surface area contributed by atoms with E-state index in [0.29, 0.717) is 11.3 Å². The van der Waals surface area contributed by atoms with Gasteiger partial charge in [-0.3, -0.25) is 0 Å². The van der Waals surface area contributed by atoms with Crippen molar-refractivity contribution >= 4 is 33.7 Å². The number of para-hydroxylation sites is 1. The van der Waals surface area contributed by atoms with Gasteiger partial charge in [0, 0.05) is 28.4 Å². The van der Waals surface area contributed by atoms with E-state index in [-0.39, 0.29) is 5.56 Å². The second-order valence-corrected chi connectivity index (χ2v) is 8.39. The number of fused-ring (bicyclic) bond motifs is 3. The monoisotopic (exact) mass is 443 g/mol. The highest BCUT2D eigenvalue weighted by Crippen LogP contribution is 2.32. The van der Waals surface area contributed by atoms with Crippen molar-refractivity contribution in [3.8, 4) is 5.75 Å². The maximum absolute atomic E-state index is 12.6. The number of carbonyl (C=O) groups excluding carboxylic acids is 1. The molecule has 170 valence electrons. The normalized spacial score (nSPS) is 11.2. The minimum absolute atomic E-state index is 0.131. The second-order valence-electron chi connectivity index (χ2n) is 8.39. The summed E-state index contributed by atoms with van der Waals surface area (Å²) in [6, 6.07) is 19.8. The Morgan fingerprint density at radius 3 is 2.21 bits per heavy atom. The molecule has 0 radical (unpaired) electrons. The van der Waals surface area contributed by atoms with Crippen LogP contribution in [0.25, 0.3) is 21.8 Å². The highest BCUT2D eigenvalue weighted by atomic mass is 16.5. The first kappa shape index (κ1) is 22.6. The minimum atomic E-state index is -1.03. The molecule has 0 unspecified atom stereocenters. The van der Waals surface area contributed by atoms with Crippen molar-refractivity contribution in [3.05, 3.63) is 77.9 Å². The first-order valence-corrected chi connectivity index (χ1v) is 11.6. The van der Waals surface area contributed by atoms with E-state index < -0.39 is 11.9 Å². The molecule has 0 amide bonds. The molecular weight excluding hydrogens is 414 g/mol. The average molecular weight is 444 g/mol. The molecule has 0 spiro atoms. The Labute approximate surface area is 193 Å². The molecule has 4 aromatic rings. The van der Waals surface area contributed by atoms with Gasteiger partial charge in [-0.15, -0.1) is 0 Å². The van der Waals surface area contributed by atoms with E-state index in [1.165, 1.54) is 61.9 Å². The molecule has 1 aromatic heterocycles. The summed E-state index contributed by atoms with van der Waals surface area (Å²) < 4.78 is 7.97. The summed E-state index contributed by atoms with van der Waals surface area (Å²) in [7, 11) is 0. The molecule has 0 aliphatic carbocycles. The van der Waals surface area contributed by atoms with E-state index >= 15 is 0 Å². The number of esters is 1. The third kappa shape index (κ3) is 5.08. The number of nitrogens with zero attached hydrogens (tertiary/aromatic N) is 1. The zero-order valence-corrected chi connectivity index (χ0v) is 18.9. The van der Waals surface area contributed by atoms with Crippen molar-refractivity contribution in [1.29, 1.82) is 0 Å². The van der Waals surface area contributed by atoms with Gasteiger partial charge in [0.25, 0.3) is 0 Å². The Morgan fingerprint density at radius 2 is 1.45 bits per heavy atom. The SMILES string of the molecule is CCCCCCCCn1c2ccccc2c2cc(OC(=O)c3ccc(C(=O)O)cc3)ccc21. The van der Waals surface area contributed by atoms with Gasteiger partial charge in [-0.05, 0) is 55.0 Å². The number of aromatic nitrogens is 1. The number of aromatic carboxylic acids is 1. The van der Waals surface area contributed by atoms with Crippen molar-refractivity contribution in [3.63, 3.8) is 0 Å². The summed E-state index contributed by atoms with van der Waals surface area (Å²) in [5.74, 6) is -1.07. The molecule has 0 bridgehead atoms. The standard InChI is InChI=1S/C28H29NO4/c1-2-3-4-5-6-9-18-29-25-11-8-7-10-23(25)24-19-22(16-17-26(24)29)33-28(32)21-14-12-20(13-15-21)27(30)31/h7-8,10-17,19H,2-6,9,18H2,1H3,(H,30,31). The second kappa shape index (κ2) is 10.3. The highest BCUT2D eigenvalue weighted by Gasteiger charge is 2.14. The number of ether oxygens (including phenoxy) is 1. The lowest BCUT2D eigenvalue weighted by Crippen LogP contribution is -2.09. The van der Waals surface area contributed by atoms with Gasteiger partial charge in [0.05, 0.1) is 11.1 Å². The van der Waals surface area contributed by atoms with Crippen LogP contribution in [0.3, 0.4) is 0 Å². The topological polar surface area (TPSA) is 68.5 Å². The number of carboxylic acids is 1. The van der Waals surface area contributed by atoms with E-state index in [1.807, 2.05) is 24.3 Å². The summed E-state index contributed by atoms with van der Waals surface area (Å²) >= 11 is 0. The zero-order valence-electron chi connectivity index (χ0n) is 18.9. The lowest BCUT2D eigenvalue weighted by molar-refractivity contribution is 0.0691. The smallest absolute Gasteiger partial charge is 0.343 e. The van der Waals surface area contributed by atoms with Crippen molar-refractivity contribution in [2.75, 3.05) is 0 Å². The van der Waals surface area contributed by atoms with E-state index in [4.69, 9.17) is 9.84 Å². The maximum Gasteiger partial charge on any atom is 0.343 e. The van der Waals surface area contributed by atoms with Gasteiger partial charge in [0.2, 0.25) is 0 Å². The molecular formula is C28H29NO4. The van der Waals surface area contributed by atoms with Gasteiger partial charge in [-0.25, -0.2) is 9.59 Å². The summed E-state index contributed by atoms with van der Waals surface area (Å²) in [5, 5.41) is 11.2. The number of unbranched alkanes of at least 4 members (excludes halogenated alkanes) is 5. The van der Waals surface area contributed by atoms with Crippen molar-refractivity contribution in [2.45, 2.75) is 52.0 Å². The molecule has 5 heteroatoms. The van der Waals surface area contributed by atoms with E-state index in [0.717, 1.165) is 29.3 Å². The van der Waals surface area contributed by atoms with Crippen LogP contribution in [0.2, 0.25) is 0 Å². The Balaban J connectivity index is 1.55. The lowest BCUT2D eigenvalue weighted by Gasteiger charge is -2.08. The number of carbonyl (C=O) groups is 2. The largest absolute Gasteiger partial charge is 0.478 e. The molecule has 33 heavy (non-hydrogen) atoms. The number of hydrogen-bond donors (Lipinski definition) is 1. The summed E-state index contributed by atoms with van der Waals surface area (Å²) in [5.41, 5.74) is 2.76. The van der Waals surface area contributed by atoms with E-state index in [2.05, 4.69) is 29.7 Å². The fourth-order valence-electron chi connectivity index (χ4n) is 4.30. The summed E-state index contributed by atoms with van der Waals surface area (Å²) in [6.45, 7) is 3.20. The van der Waals surface area contributed by atoms with Gasteiger partial charge in [-0.1, -0.05) is 57.2 Å². The van der Waals surface area contributed by atoms with Gasteiger partial charge < -0.3 is 14.4 Å². The molecule has 0 aliphatic rings. The Bertz CT molecular complexity index is 1270. The lowest BCUT2D eigenvalue weighted by atomic mass is 10.1. The van der Waals surface area contributed by atoms with Crippen LogP contribution in [-0.2, 0) is 6.54 Å². The molecule has 0 atom stereocenters. The average Bonchev–Trinajstić information content (AvgIpc) is 3.14. The van der Waals surface area contributed by atoms with Crippen molar-refractivity contribution < 1.29 is 19.4 Å². The molecule has 0 fully saturated rings. The summed E-state index contributed by atoms with van der Waals surface area (Å²) in [4.78, 5) is 23.6. The van der Waals surface area contributed by atoms with Gasteiger partial charge in [0.15, 0.2) is 0 Å². The summed E-state index contributed by atoms with van der Waals surface area (Å²) in [6.07, 6.45) is 7.51. The molecule has 1 heterocycles. The Hall–Kier alpha value is -3.60. The van der Waals surface area contributed by atoms with Crippen LogP contribution in [0.15, 0.2) is 66.7 Å². The third-order valence-corrected chi connectivity index (χ3v) is 6.06. The predicted octanol–water partition coefficient (Wildman–Crippen LogP) is 7.07. The number of benzene rings is 3. The van der Waals surface area contributed by atoms with Crippen LogP contribution < -0.4 is 4.74 Å². The number of aryl methyl sites for hydroxylation is 1. The van der Waals surface area contributed by atoms with Gasteiger partial charge >= 0.3 is 11.9 Å². The molecule has 5 nitrogen and oxygen atoms in total. The van der Waals surface area contributed by atoms with Crippen molar-refractivity contribution in [2.24, 2.45) is 0 Å². The molecule has 0 saturated heterocycles. The molecule has 3 aromatic carbocycles. The number of rotatable bonds is 10. The van der Waals surface area contributed by atoms with Gasteiger partial charge in [0.1, 0.15) is 5.75 Å². The molecule has 0 saturated carbocycles. The highest BCUT2D eigenvalue weighted by molar-refractivity contribution is 6.08. The Morgan fingerprint density at radius 1 is 0.788 bits per heavy atom. The van der Waals surface area contributed by atoms with E-state index in [9.17, 15) is 9.59 Å². The fourth-order valence-corrected chi connectivity index (χ4v) is 4.30. The number of carboxylic acid groups (broad SMARTS) is 1. The van der Waals surface area contributed by atoms with Crippen LogP contribution in [0, 0.1) is 0 Å². The predicted molar refractivity (Wildman–Crippen MR) is 131 cm³/mol. The Kier molecular flexibility index (Phi) is 7.08.